The first-order valence-corrected chi connectivity index (χ1v) is 7.93. The summed E-state index contributed by atoms with van der Waals surface area (Å²) >= 11 is 4.34. The molecule has 1 fully saturated rings. The van der Waals surface area contributed by atoms with Gasteiger partial charge in [-0.3, -0.25) is 4.79 Å². The lowest BCUT2D eigenvalue weighted by Gasteiger charge is -2.05. The van der Waals surface area contributed by atoms with Gasteiger partial charge in [0, 0.05) is 10.5 Å². The number of benzene rings is 1. The van der Waals surface area contributed by atoms with Crippen molar-refractivity contribution >= 4 is 49.8 Å². The molecule has 5 nitrogen and oxygen atoms in total. The monoisotopic (exact) mass is 370 g/mol. The Morgan fingerprint density at radius 1 is 1.48 bits per heavy atom. The molecule has 0 atom stereocenters. The molecule has 1 aliphatic rings. The maximum Gasteiger partial charge on any atom is 0.269 e. The molecule has 3 rings (SSSR count). The van der Waals surface area contributed by atoms with Crippen LogP contribution in [0.1, 0.15) is 22.5 Å². The molecule has 1 saturated carbocycles. The molecule has 1 aliphatic carbocycles. The van der Waals surface area contributed by atoms with E-state index in [2.05, 4.69) is 31.5 Å². The van der Waals surface area contributed by atoms with Crippen LogP contribution < -0.4 is 16.4 Å². The summed E-state index contributed by atoms with van der Waals surface area (Å²) in [6, 6.07) is 4.84. The Morgan fingerprint density at radius 3 is 2.90 bits per heavy atom. The number of aromatic nitrogens is 1. The average Bonchev–Trinajstić information content (AvgIpc) is 3.15. The van der Waals surface area contributed by atoms with Crippen LogP contribution in [0.5, 0.6) is 0 Å². The van der Waals surface area contributed by atoms with Crippen molar-refractivity contribution in [3.8, 4) is 0 Å². The SMILES string of the molecule is Nc1nc(NC2CC2)sc1C(=O)Nc1ccc(Br)cc1F. The van der Waals surface area contributed by atoms with Crippen molar-refractivity contribution in [1.29, 1.82) is 0 Å². The van der Waals surface area contributed by atoms with Crippen LogP contribution in [0.3, 0.4) is 0 Å². The number of nitrogen functional groups attached to an aromatic ring is 1. The summed E-state index contributed by atoms with van der Waals surface area (Å²) in [7, 11) is 0. The largest absolute Gasteiger partial charge is 0.382 e. The lowest BCUT2D eigenvalue weighted by molar-refractivity contribution is 0.103. The lowest BCUT2D eigenvalue weighted by Crippen LogP contribution is -2.13. The summed E-state index contributed by atoms with van der Waals surface area (Å²) in [5.74, 6) is -0.828. The zero-order valence-electron chi connectivity index (χ0n) is 10.8. The van der Waals surface area contributed by atoms with Crippen molar-refractivity contribution in [1.82, 2.24) is 4.98 Å². The van der Waals surface area contributed by atoms with Gasteiger partial charge in [0.05, 0.1) is 5.69 Å². The van der Waals surface area contributed by atoms with Crippen LogP contribution in [0.15, 0.2) is 22.7 Å². The molecule has 1 heterocycles. The highest BCUT2D eigenvalue weighted by Crippen LogP contribution is 2.31. The number of anilines is 3. The number of nitrogens with zero attached hydrogens (tertiary/aromatic N) is 1. The Balaban J connectivity index is 1.76. The van der Waals surface area contributed by atoms with Crippen LogP contribution in [-0.4, -0.2) is 16.9 Å². The molecule has 1 aromatic carbocycles. The van der Waals surface area contributed by atoms with Gasteiger partial charge in [-0.15, -0.1) is 0 Å². The van der Waals surface area contributed by atoms with Gasteiger partial charge < -0.3 is 16.4 Å². The first-order valence-electron chi connectivity index (χ1n) is 6.32. The van der Waals surface area contributed by atoms with Crippen LogP contribution in [-0.2, 0) is 0 Å². The van der Waals surface area contributed by atoms with Gasteiger partial charge in [-0.1, -0.05) is 27.3 Å². The topological polar surface area (TPSA) is 80.0 Å². The first kappa shape index (κ1) is 14.3. The van der Waals surface area contributed by atoms with E-state index in [1.807, 2.05) is 0 Å². The van der Waals surface area contributed by atoms with Crippen LogP contribution in [0.2, 0.25) is 0 Å². The summed E-state index contributed by atoms with van der Waals surface area (Å²) in [6.45, 7) is 0. The summed E-state index contributed by atoms with van der Waals surface area (Å²) < 4.78 is 14.3. The number of nitrogens with one attached hydrogen (secondary N) is 2. The fourth-order valence-electron chi connectivity index (χ4n) is 1.73. The first-order chi connectivity index (χ1) is 10.0. The van der Waals surface area contributed by atoms with E-state index in [1.54, 1.807) is 6.07 Å². The Morgan fingerprint density at radius 2 is 2.24 bits per heavy atom. The van der Waals surface area contributed by atoms with Crippen molar-refractivity contribution < 1.29 is 9.18 Å². The van der Waals surface area contributed by atoms with E-state index in [4.69, 9.17) is 5.73 Å². The standard InChI is InChI=1S/C13H12BrFN4OS/c14-6-1-4-9(8(15)5-6)18-12(20)10-11(16)19-13(21-10)17-7-2-3-7/h1,4-5,7H,2-3,16H2,(H,17,19)(H,18,20). The quantitative estimate of drug-likeness (QED) is 0.769. The molecule has 1 aromatic heterocycles. The molecule has 21 heavy (non-hydrogen) atoms. The highest BCUT2D eigenvalue weighted by Gasteiger charge is 2.24. The van der Waals surface area contributed by atoms with Gasteiger partial charge in [0.1, 0.15) is 16.5 Å². The summed E-state index contributed by atoms with van der Waals surface area (Å²) in [4.78, 5) is 16.6. The third kappa shape index (κ3) is 3.33. The summed E-state index contributed by atoms with van der Waals surface area (Å²) in [5, 5.41) is 6.31. The van der Waals surface area contributed by atoms with Crippen LogP contribution in [0.25, 0.3) is 0 Å². The molecule has 0 spiro atoms. The van der Waals surface area contributed by atoms with Crippen molar-refractivity contribution in [3.63, 3.8) is 0 Å². The van der Waals surface area contributed by atoms with Crippen molar-refractivity contribution in [2.75, 3.05) is 16.4 Å². The maximum atomic E-state index is 13.7. The van der Waals surface area contributed by atoms with E-state index < -0.39 is 11.7 Å². The minimum Gasteiger partial charge on any atom is -0.382 e. The number of thiazole rings is 1. The van der Waals surface area contributed by atoms with E-state index in [0.29, 0.717) is 15.6 Å². The predicted octanol–water partition coefficient (Wildman–Crippen LogP) is 3.45. The second kappa shape index (κ2) is 5.61. The van der Waals surface area contributed by atoms with Crippen LogP contribution in [0.4, 0.5) is 21.0 Å². The van der Waals surface area contributed by atoms with Crippen LogP contribution >= 0.6 is 27.3 Å². The molecule has 1 amide bonds. The minimum atomic E-state index is -0.517. The molecule has 110 valence electrons. The molecule has 2 aromatic rings. The molecule has 4 N–H and O–H groups in total. The fourth-order valence-corrected chi connectivity index (χ4v) is 2.92. The third-order valence-electron chi connectivity index (χ3n) is 2.94. The lowest BCUT2D eigenvalue weighted by atomic mass is 10.3. The van der Waals surface area contributed by atoms with Gasteiger partial charge in [-0.2, -0.15) is 0 Å². The van der Waals surface area contributed by atoms with Crippen LogP contribution in [0, 0.1) is 5.82 Å². The molecule has 0 unspecified atom stereocenters. The number of carbonyl (C=O) groups is 1. The maximum absolute atomic E-state index is 13.7. The molecule has 0 radical (unpaired) electrons. The zero-order valence-corrected chi connectivity index (χ0v) is 13.2. The molecular weight excluding hydrogens is 359 g/mol. The van der Waals surface area contributed by atoms with Gasteiger partial charge in [0.2, 0.25) is 0 Å². The number of hydrogen-bond donors (Lipinski definition) is 3. The van der Waals surface area contributed by atoms with Gasteiger partial charge in [0.25, 0.3) is 5.91 Å². The highest BCUT2D eigenvalue weighted by atomic mass is 79.9. The zero-order chi connectivity index (χ0) is 15.0. The molecule has 0 saturated heterocycles. The Bertz CT molecular complexity index is 701. The van der Waals surface area contributed by atoms with E-state index in [0.717, 1.165) is 12.8 Å². The van der Waals surface area contributed by atoms with Crippen molar-refractivity contribution in [3.05, 3.63) is 33.4 Å². The number of rotatable bonds is 4. The Hall–Kier alpha value is -1.67. The average molecular weight is 371 g/mol. The summed E-state index contributed by atoms with van der Waals surface area (Å²) in [5.41, 5.74) is 5.86. The smallest absolute Gasteiger partial charge is 0.269 e. The number of halogens is 2. The third-order valence-corrected chi connectivity index (χ3v) is 4.44. The molecular formula is C13H12BrFN4OS. The van der Waals surface area contributed by atoms with E-state index >= 15 is 0 Å². The van der Waals surface area contributed by atoms with Gasteiger partial charge in [0.15, 0.2) is 5.13 Å². The number of amides is 1. The van der Waals surface area contributed by atoms with E-state index in [-0.39, 0.29) is 16.4 Å². The van der Waals surface area contributed by atoms with Gasteiger partial charge >= 0.3 is 0 Å². The van der Waals surface area contributed by atoms with Gasteiger partial charge in [-0.05, 0) is 31.0 Å². The second-order valence-corrected chi connectivity index (χ2v) is 6.65. The Labute approximate surface area is 132 Å². The predicted molar refractivity (Wildman–Crippen MR) is 85.2 cm³/mol. The Kier molecular flexibility index (Phi) is 3.81. The molecule has 0 bridgehead atoms. The van der Waals surface area contributed by atoms with Gasteiger partial charge in [-0.25, -0.2) is 9.37 Å². The second-order valence-electron chi connectivity index (χ2n) is 4.73. The van der Waals surface area contributed by atoms with Crippen molar-refractivity contribution in [2.24, 2.45) is 0 Å². The number of carbonyl (C=O) groups excluding carboxylic acids is 1. The van der Waals surface area contributed by atoms with E-state index in [9.17, 15) is 9.18 Å². The highest BCUT2D eigenvalue weighted by molar-refractivity contribution is 9.10. The molecule has 0 aliphatic heterocycles. The summed E-state index contributed by atoms with van der Waals surface area (Å²) in [6.07, 6.45) is 2.20. The number of nitrogens with two attached hydrogens (primary N) is 1. The molecule has 8 heteroatoms. The van der Waals surface area contributed by atoms with Crippen molar-refractivity contribution in [2.45, 2.75) is 18.9 Å². The number of hydrogen-bond acceptors (Lipinski definition) is 5. The van der Waals surface area contributed by atoms with E-state index in [1.165, 1.54) is 23.5 Å². The fraction of sp³-hybridized carbons (Fsp3) is 0.231. The minimum absolute atomic E-state index is 0.104. The normalized spacial score (nSPS) is 14.0.